The van der Waals surface area contributed by atoms with E-state index in [1.165, 1.54) is 37.0 Å². The maximum Gasteiger partial charge on any atom is 0.410 e. The minimum absolute atomic E-state index is 0.175. The van der Waals surface area contributed by atoms with Crippen LogP contribution in [0.3, 0.4) is 0 Å². The van der Waals surface area contributed by atoms with Gasteiger partial charge in [-0.2, -0.15) is 0 Å². The van der Waals surface area contributed by atoms with Crippen LogP contribution in [-0.2, 0) is 16.1 Å². The fraction of sp³-hybridized carbons (Fsp3) is 0.600. The standard InChI is InChI=1S/C20H27NO4/c22-19(23)18-13-17(16-9-5-2-6-10-16)11-12-21(18)20(24)25-14-15-7-3-1-4-8-15/h1,3-4,7-8,16-18H,2,5-6,9-14H2,(H,22,23)/t17-,18+/m0/s1. The largest absolute Gasteiger partial charge is 0.480 e. The number of carbonyl (C=O) groups is 2. The van der Waals surface area contributed by atoms with Crippen LogP contribution >= 0.6 is 0 Å². The Labute approximate surface area is 149 Å². The first kappa shape index (κ1) is 17.8. The third-order valence-corrected chi connectivity index (χ3v) is 5.68. The number of amides is 1. The molecule has 0 radical (unpaired) electrons. The number of likely N-dealkylation sites (tertiary alicyclic amines) is 1. The third kappa shape index (κ3) is 4.53. The number of benzene rings is 1. The van der Waals surface area contributed by atoms with Crippen molar-refractivity contribution < 1.29 is 19.4 Å². The Kier molecular flexibility index (Phi) is 5.95. The molecule has 1 aromatic rings. The minimum Gasteiger partial charge on any atom is -0.480 e. The molecule has 0 aromatic heterocycles. The number of hydrogen-bond donors (Lipinski definition) is 1. The molecule has 136 valence electrons. The van der Waals surface area contributed by atoms with Gasteiger partial charge in [-0.1, -0.05) is 62.4 Å². The lowest BCUT2D eigenvalue weighted by Crippen LogP contribution is -2.51. The quantitative estimate of drug-likeness (QED) is 0.893. The van der Waals surface area contributed by atoms with Crippen molar-refractivity contribution in [2.45, 2.75) is 57.6 Å². The van der Waals surface area contributed by atoms with Crippen LogP contribution in [0, 0.1) is 11.8 Å². The summed E-state index contributed by atoms with van der Waals surface area (Å²) in [6.45, 7) is 0.653. The van der Waals surface area contributed by atoms with Crippen LogP contribution in [0.1, 0.15) is 50.5 Å². The summed E-state index contributed by atoms with van der Waals surface area (Å²) in [4.78, 5) is 25.5. The highest BCUT2D eigenvalue weighted by Gasteiger charge is 2.39. The number of nitrogens with zero attached hydrogens (tertiary/aromatic N) is 1. The summed E-state index contributed by atoms with van der Waals surface area (Å²) in [5.41, 5.74) is 0.903. The highest BCUT2D eigenvalue weighted by Crippen LogP contribution is 2.37. The molecule has 1 amide bonds. The van der Waals surface area contributed by atoms with E-state index in [0.717, 1.165) is 12.0 Å². The summed E-state index contributed by atoms with van der Waals surface area (Å²) < 4.78 is 5.35. The van der Waals surface area contributed by atoms with Gasteiger partial charge >= 0.3 is 12.1 Å². The first-order valence-electron chi connectivity index (χ1n) is 9.35. The molecular weight excluding hydrogens is 318 g/mol. The molecule has 0 spiro atoms. The Hall–Kier alpha value is -2.04. The summed E-state index contributed by atoms with van der Waals surface area (Å²) in [6, 6.07) is 8.69. The molecule has 1 N–H and O–H groups in total. The van der Waals surface area contributed by atoms with Crippen molar-refractivity contribution in [1.82, 2.24) is 4.90 Å². The van der Waals surface area contributed by atoms with Crippen LogP contribution in [0.15, 0.2) is 30.3 Å². The van der Waals surface area contributed by atoms with Gasteiger partial charge in [0.05, 0.1) is 0 Å². The molecule has 2 fully saturated rings. The van der Waals surface area contributed by atoms with Crippen LogP contribution in [0.25, 0.3) is 0 Å². The Morgan fingerprint density at radius 1 is 1.04 bits per heavy atom. The van der Waals surface area contributed by atoms with Crippen molar-refractivity contribution in [2.24, 2.45) is 11.8 Å². The van der Waals surface area contributed by atoms with Crippen molar-refractivity contribution in [3.05, 3.63) is 35.9 Å². The number of carbonyl (C=O) groups excluding carboxylic acids is 1. The molecule has 1 aliphatic heterocycles. The van der Waals surface area contributed by atoms with Crippen LogP contribution < -0.4 is 0 Å². The van der Waals surface area contributed by atoms with E-state index in [2.05, 4.69) is 0 Å². The molecule has 5 nitrogen and oxygen atoms in total. The lowest BCUT2D eigenvalue weighted by Gasteiger charge is -2.40. The lowest BCUT2D eigenvalue weighted by atomic mass is 9.74. The van der Waals surface area contributed by atoms with Gasteiger partial charge in [-0.15, -0.1) is 0 Å². The molecule has 0 bridgehead atoms. The van der Waals surface area contributed by atoms with Gasteiger partial charge in [0.25, 0.3) is 0 Å². The van der Waals surface area contributed by atoms with Crippen molar-refractivity contribution >= 4 is 12.1 Å². The zero-order chi connectivity index (χ0) is 17.6. The molecule has 1 aliphatic carbocycles. The number of hydrogen-bond acceptors (Lipinski definition) is 3. The average molecular weight is 345 g/mol. The number of aliphatic carboxylic acids is 1. The normalized spacial score (nSPS) is 24.7. The zero-order valence-electron chi connectivity index (χ0n) is 14.6. The van der Waals surface area contributed by atoms with Gasteiger partial charge in [0.2, 0.25) is 0 Å². The first-order valence-corrected chi connectivity index (χ1v) is 9.35. The van der Waals surface area contributed by atoms with Crippen LogP contribution in [0.4, 0.5) is 4.79 Å². The van der Waals surface area contributed by atoms with Gasteiger partial charge in [0, 0.05) is 6.54 Å². The van der Waals surface area contributed by atoms with E-state index in [0.29, 0.717) is 24.8 Å². The molecular formula is C20H27NO4. The zero-order valence-corrected chi connectivity index (χ0v) is 14.6. The number of ether oxygens (including phenoxy) is 1. The van der Waals surface area contributed by atoms with Crippen LogP contribution in [0.2, 0.25) is 0 Å². The molecule has 25 heavy (non-hydrogen) atoms. The Balaban J connectivity index is 1.58. The Morgan fingerprint density at radius 3 is 2.44 bits per heavy atom. The van der Waals surface area contributed by atoms with Crippen molar-refractivity contribution in [1.29, 1.82) is 0 Å². The van der Waals surface area contributed by atoms with Gasteiger partial charge in [0.1, 0.15) is 12.6 Å². The average Bonchev–Trinajstić information content (AvgIpc) is 2.67. The highest BCUT2D eigenvalue weighted by atomic mass is 16.6. The molecule has 1 aromatic carbocycles. The predicted octanol–water partition coefficient (Wildman–Crippen LogP) is 4.07. The van der Waals surface area contributed by atoms with Gasteiger partial charge < -0.3 is 9.84 Å². The second-order valence-electron chi connectivity index (χ2n) is 7.27. The molecule has 1 saturated heterocycles. The van der Waals surface area contributed by atoms with Gasteiger partial charge in [-0.05, 0) is 30.2 Å². The smallest absolute Gasteiger partial charge is 0.410 e. The van der Waals surface area contributed by atoms with E-state index < -0.39 is 18.1 Å². The van der Waals surface area contributed by atoms with Crippen molar-refractivity contribution in [3.63, 3.8) is 0 Å². The summed E-state index contributed by atoms with van der Waals surface area (Å²) in [7, 11) is 0. The maximum atomic E-state index is 12.4. The number of rotatable bonds is 4. The van der Waals surface area contributed by atoms with E-state index >= 15 is 0 Å². The molecule has 1 heterocycles. The second kappa shape index (κ2) is 8.37. The molecule has 2 atom stereocenters. The summed E-state index contributed by atoms with van der Waals surface area (Å²) in [5, 5.41) is 9.61. The number of carboxylic acid groups (broad SMARTS) is 1. The van der Waals surface area contributed by atoms with E-state index in [1.54, 1.807) is 0 Å². The fourth-order valence-electron chi connectivity index (χ4n) is 4.28. The SMILES string of the molecule is O=C(O)[C@H]1C[C@@H](C2CCCCC2)CCN1C(=O)OCc1ccccc1. The summed E-state index contributed by atoms with van der Waals surface area (Å²) in [5.74, 6) is 0.120. The lowest BCUT2D eigenvalue weighted by molar-refractivity contribution is -0.145. The Bertz CT molecular complexity index is 583. The van der Waals surface area contributed by atoms with E-state index in [9.17, 15) is 14.7 Å². The van der Waals surface area contributed by atoms with Crippen LogP contribution in [-0.4, -0.2) is 34.7 Å². The molecule has 1 saturated carbocycles. The summed E-state index contributed by atoms with van der Waals surface area (Å²) in [6.07, 6.45) is 7.13. The molecule has 0 unspecified atom stereocenters. The maximum absolute atomic E-state index is 12.4. The Morgan fingerprint density at radius 2 is 1.76 bits per heavy atom. The highest BCUT2D eigenvalue weighted by molar-refractivity contribution is 5.80. The van der Waals surface area contributed by atoms with E-state index in [1.807, 2.05) is 30.3 Å². The van der Waals surface area contributed by atoms with E-state index in [-0.39, 0.29) is 6.61 Å². The second-order valence-corrected chi connectivity index (χ2v) is 7.27. The van der Waals surface area contributed by atoms with Gasteiger partial charge in [-0.25, -0.2) is 9.59 Å². The number of carboxylic acids is 1. The van der Waals surface area contributed by atoms with E-state index in [4.69, 9.17) is 4.74 Å². The number of piperidine rings is 1. The minimum atomic E-state index is -0.919. The molecule has 5 heteroatoms. The predicted molar refractivity (Wildman–Crippen MR) is 94.1 cm³/mol. The molecule has 2 aliphatic rings. The summed E-state index contributed by atoms with van der Waals surface area (Å²) >= 11 is 0. The fourth-order valence-corrected chi connectivity index (χ4v) is 4.28. The van der Waals surface area contributed by atoms with Gasteiger partial charge in [-0.3, -0.25) is 4.90 Å². The van der Waals surface area contributed by atoms with Crippen molar-refractivity contribution in [2.75, 3.05) is 6.54 Å². The monoisotopic (exact) mass is 345 g/mol. The van der Waals surface area contributed by atoms with Crippen molar-refractivity contribution in [3.8, 4) is 0 Å². The van der Waals surface area contributed by atoms with Gasteiger partial charge in [0.15, 0.2) is 0 Å². The van der Waals surface area contributed by atoms with Crippen LogP contribution in [0.5, 0.6) is 0 Å². The molecule has 3 rings (SSSR count). The third-order valence-electron chi connectivity index (χ3n) is 5.68. The topological polar surface area (TPSA) is 66.8 Å². The first-order chi connectivity index (χ1) is 12.1.